The van der Waals surface area contributed by atoms with Gasteiger partial charge in [-0.05, 0) is 70.6 Å². The lowest BCUT2D eigenvalue weighted by atomic mass is 9.90. The molecule has 0 amide bonds. The normalized spacial score (nSPS) is 19.9. The summed E-state index contributed by atoms with van der Waals surface area (Å²) < 4.78 is 32.7. The lowest BCUT2D eigenvalue weighted by molar-refractivity contribution is -0.161. The highest BCUT2D eigenvalue weighted by Crippen LogP contribution is 2.43. The van der Waals surface area contributed by atoms with Crippen LogP contribution >= 0.6 is 7.82 Å². The molecule has 14 heteroatoms. The summed E-state index contributed by atoms with van der Waals surface area (Å²) in [4.78, 5) is 47.8. The van der Waals surface area contributed by atoms with Crippen LogP contribution in [0, 0.1) is 11.8 Å². The molecule has 60 heavy (non-hydrogen) atoms. The number of phosphoric acid groups is 1. The van der Waals surface area contributed by atoms with Crippen molar-refractivity contribution in [2.45, 2.75) is 173 Å². The van der Waals surface area contributed by atoms with Gasteiger partial charge in [0.2, 0.25) is 0 Å². The average molecular weight is 869 g/mol. The van der Waals surface area contributed by atoms with Gasteiger partial charge in [-0.3, -0.25) is 23.4 Å². The Kier molecular flexibility index (Phi) is 33.0. The number of esters is 2. The summed E-state index contributed by atoms with van der Waals surface area (Å²) in [6.07, 6.45) is 32.6. The minimum atomic E-state index is -4.70. The number of carbonyl (C=O) groups is 3. The van der Waals surface area contributed by atoms with Crippen molar-refractivity contribution in [3.05, 3.63) is 60.8 Å². The Labute approximate surface area is 359 Å². The molecule has 7 atom stereocenters. The molecule has 344 valence electrons. The van der Waals surface area contributed by atoms with Crippen LogP contribution in [0.4, 0.5) is 0 Å². The van der Waals surface area contributed by atoms with E-state index in [9.17, 15) is 39.2 Å². The molecule has 1 unspecified atom stereocenters. The zero-order valence-corrected chi connectivity index (χ0v) is 37.3. The van der Waals surface area contributed by atoms with Gasteiger partial charge in [0.05, 0.1) is 32.0 Å². The van der Waals surface area contributed by atoms with Crippen molar-refractivity contribution >= 4 is 25.5 Å². The third kappa shape index (κ3) is 29.5. The first kappa shape index (κ1) is 55.3. The second-order valence-corrected chi connectivity index (χ2v) is 16.9. The number of rotatable bonds is 37. The second-order valence-electron chi connectivity index (χ2n) is 15.5. The summed E-state index contributed by atoms with van der Waals surface area (Å²) >= 11 is 0. The highest BCUT2D eigenvalue weighted by Gasteiger charge is 2.39. The van der Waals surface area contributed by atoms with Crippen LogP contribution in [0.25, 0.3) is 0 Å². The molecule has 0 bridgehead atoms. The Bertz CT molecular complexity index is 1340. The topological polar surface area (TPSA) is 206 Å². The van der Waals surface area contributed by atoms with E-state index in [4.69, 9.17) is 19.1 Å². The molecule has 1 saturated carbocycles. The summed E-state index contributed by atoms with van der Waals surface area (Å²) in [6.45, 7) is 1.90. The van der Waals surface area contributed by atoms with Crippen molar-refractivity contribution in [3.63, 3.8) is 0 Å². The second kappa shape index (κ2) is 35.8. The van der Waals surface area contributed by atoms with Crippen LogP contribution in [0.3, 0.4) is 0 Å². The molecule has 0 aromatic rings. The van der Waals surface area contributed by atoms with Gasteiger partial charge in [-0.15, -0.1) is 0 Å². The quantitative estimate of drug-likeness (QED) is 0.0172. The van der Waals surface area contributed by atoms with E-state index in [1.807, 2.05) is 12.2 Å². The van der Waals surface area contributed by atoms with Gasteiger partial charge in [-0.25, -0.2) is 4.57 Å². The van der Waals surface area contributed by atoms with E-state index in [-0.39, 0.29) is 31.0 Å². The summed E-state index contributed by atoms with van der Waals surface area (Å²) in [6, 6.07) is 0. The minimum absolute atomic E-state index is 0.0180. The van der Waals surface area contributed by atoms with Crippen molar-refractivity contribution in [1.82, 2.24) is 0 Å². The first-order chi connectivity index (χ1) is 28.9. The number of carbonyl (C=O) groups excluding carboxylic acids is 3. The first-order valence-corrected chi connectivity index (χ1v) is 23.8. The van der Waals surface area contributed by atoms with E-state index in [1.54, 1.807) is 12.2 Å². The number of hydrogen-bond donors (Lipinski definition) is 5. The van der Waals surface area contributed by atoms with Gasteiger partial charge < -0.3 is 34.8 Å². The predicted molar refractivity (Wildman–Crippen MR) is 234 cm³/mol. The molecule has 0 aromatic heterocycles. The standard InChI is InChI=1S/C46H77O13P/c1-3-5-7-8-9-10-11-12-13-14-15-16-17-18-19-20-25-29-45(52)56-36-40(37-58-60(54,55)57-35-39(49)34-47)59-46(53)30-26-22-21-24-28-41-42(44(51)33-43(41)50)32-31-38(48)27-23-6-4-2/h9-10,12-13,15-16,21,24,31-32,38-42,44,47-49,51H,3-8,11,14,17-20,22-23,25-30,33-37H2,1-2H3,(H,54,55)/b10-9-,13-12-,16-15-,24-21-,32-31+/t38-,39-,40+,41+,42+,44+/m0/s1. The van der Waals surface area contributed by atoms with Crippen LogP contribution < -0.4 is 0 Å². The lowest BCUT2D eigenvalue weighted by Gasteiger charge is -2.20. The number of ketones is 1. The number of unbranched alkanes of at least 4 members (excludes halogenated alkanes) is 10. The van der Waals surface area contributed by atoms with Crippen molar-refractivity contribution in [2.24, 2.45) is 11.8 Å². The number of aliphatic hydroxyl groups excluding tert-OH is 4. The number of phosphoric ester groups is 1. The van der Waals surface area contributed by atoms with Gasteiger partial charge in [-0.1, -0.05) is 120 Å². The van der Waals surface area contributed by atoms with Gasteiger partial charge in [0.1, 0.15) is 18.5 Å². The summed E-state index contributed by atoms with van der Waals surface area (Å²) in [7, 11) is -4.70. The summed E-state index contributed by atoms with van der Waals surface area (Å²) in [5.41, 5.74) is 0. The third-order valence-corrected chi connectivity index (χ3v) is 11.0. The molecule has 0 radical (unpaired) electrons. The smallest absolute Gasteiger partial charge is 0.462 e. The summed E-state index contributed by atoms with van der Waals surface area (Å²) in [5.74, 6) is -1.96. The van der Waals surface area contributed by atoms with E-state index in [0.29, 0.717) is 32.1 Å². The molecule has 0 aromatic carbocycles. The van der Waals surface area contributed by atoms with Crippen molar-refractivity contribution in [3.8, 4) is 0 Å². The average Bonchev–Trinajstić information content (AvgIpc) is 3.49. The van der Waals surface area contributed by atoms with E-state index < -0.39 is 76.5 Å². The fraction of sp³-hybridized carbons (Fsp3) is 0.717. The molecule has 1 fully saturated rings. The Balaban J connectivity index is 2.49. The Hall–Kier alpha value is -2.74. The van der Waals surface area contributed by atoms with E-state index in [1.165, 1.54) is 19.3 Å². The lowest BCUT2D eigenvalue weighted by Crippen LogP contribution is -2.29. The molecular weight excluding hydrogens is 791 g/mol. The third-order valence-electron chi connectivity index (χ3n) is 10.0. The minimum Gasteiger partial charge on any atom is -0.462 e. The number of aliphatic hydroxyl groups is 4. The van der Waals surface area contributed by atoms with Crippen LogP contribution in [0.5, 0.6) is 0 Å². The van der Waals surface area contributed by atoms with E-state index in [2.05, 4.69) is 54.8 Å². The first-order valence-electron chi connectivity index (χ1n) is 22.3. The molecule has 1 aliphatic carbocycles. The maximum Gasteiger partial charge on any atom is 0.472 e. The zero-order chi connectivity index (χ0) is 44.3. The number of hydrogen-bond acceptors (Lipinski definition) is 12. The van der Waals surface area contributed by atoms with Crippen LogP contribution in [0.1, 0.15) is 149 Å². The fourth-order valence-electron chi connectivity index (χ4n) is 6.45. The van der Waals surface area contributed by atoms with Crippen LogP contribution in [-0.4, -0.2) is 93.9 Å². The number of allylic oxidation sites excluding steroid dienone is 8. The molecule has 1 rings (SSSR count). The molecule has 1 aliphatic rings. The Morgan fingerprint density at radius 1 is 0.750 bits per heavy atom. The monoisotopic (exact) mass is 869 g/mol. The van der Waals surface area contributed by atoms with Crippen LogP contribution in [0.15, 0.2) is 60.8 Å². The molecule has 0 heterocycles. The SMILES string of the molecule is CCCCC/C=C\C/C=C\C/C=C\CCCCCCC(=O)OC[C@H](COP(=O)(O)OC[C@@H](O)CO)OC(=O)CCC/C=C\C[C@H]1C(=O)C[C@@H](O)[C@@H]1/C=C/[C@@H](O)CCCCC. The number of Topliss-reactive ketones (excluding diaryl/α,β-unsaturated/α-hetero) is 1. The van der Waals surface area contributed by atoms with Gasteiger partial charge >= 0.3 is 19.8 Å². The Morgan fingerprint density at radius 2 is 1.33 bits per heavy atom. The van der Waals surface area contributed by atoms with Gasteiger partial charge in [0.15, 0.2) is 6.10 Å². The maximum atomic E-state index is 12.7. The highest BCUT2D eigenvalue weighted by atomic mass is 31.2. The molecule has 0 aliphatic heterocycles. The van der Waals surface area contributed by atoms with Crippen molar-refractivity contribution in [1.29, 1.82) is 0 Å². The molecule has 13 nitrogen and oxygen atoms in total. The van der Waals surface area contributed by atoms with Crippen molar-refractivity contribution in [2.75, 3.05) is 26.4 Å². The van der Waals surface area contributed by atoms with Gasteiger partial charge in [-0.2, -0.15) is 0 Å². The fourth-order valence-corrected chi connectivity index (χ4v) is 7.24. The van der Waals surface area contributed by atoms with E-state index >= 15 is 0 Å². The highest BCUT2D eigenvalue weighted by molar-refractivity contribution is 7.47. The number of ether oxygens (including phenoxy) is 2. The van der Waals surface area contributed by atoms with Gasteiger partial charge in [0.25, 0.3) is 0 Å². The molecule has 5 N–H and O–H groups in total. The van der Waals surface area contributed by atoms with Crippen molar-refractivity contribution < 1.29 is 62.8 Å². The van der Waals surface area contributed by atoms with Gasteiger partial charge in [0, 0.05) is 31.1 Å². The molecular formula is C46H77O13P. The zero-order valence-electron chi connectivity index (χ0n) is 36.4. The maximum absolute atomic E-state index is 12.7. The molecule has 0 saturated heterocycles. The Morgan fingerprint density at radius 3 is 2.02 bits per heavy atom. The summed E-state index contributed by atoms with van der Waals surface area (Å²) in [5, 5.41) is 39.1. The van der Waals surface area contributed by atoms with E-state index in [0.717, 1.165) is 64.2 Å². The van der Waals surface area contributed by atoms with Crippen LogP contribution in [0.2, 0.25) is 0 Å². The predicted octanol–water partition coefficient (Wildman–Crippen LogP) is 8.48. The largest absolute Gasteiger partial charge is 0.472 e. The molecule has 0 spiro atoms. The van der Waals surface area contributed by atoms with Crippen LogP contribution in [-0.2, 0) is 37.5 Å².